The van der Waals surface area contributed by atoms with E-state index in [0.29, 0.717) is 11.9 Å². The average Bonchev–Trinajstić information content (AvgIpc) is 2.68. The highest BCUT2D eigenvalue weighted by Gasteiger charge is 2.17. The third-order valence-electron chi connectivity index (χ3n) is 4.78. The van der Waals surface area contributed by atoms with Crippen molar-refractivity contribution in [2.75, 3.05) is 7.11 Å². The SMILES string of the molecule is CCn1cc(C(=O)N[C@H](C)c2ccc(OC)cc2)c(=O)c2cc(C)ccc21. The summed E-state index contributed by atoms with van der Waals surface area (Å²) in [5.74, 6) is 0.391. The number of hydrogen-bond donors (Lipinski definition) is 1. The molecule has 1 atom stereocenters. The maximum Gasteiger partial charge on any atom is 0.257 e. The molecule has 0 saturated carbocycles. The fraction of sp³-hybridized carbons (Fsp3) is 0.273. The smallest absolute Gasteiger partial charge is 0.257 e. The highest BCUT2D eigenvalue weighted by Crippen LogP contribution is 2.18. The van der Waals surface area contributed by atoms with Gasteiger partial charge in [0.2, 0.25) is 5.43 Å². The molecule has 0 fully saturated rings. The Morgan fingerprint density at radius 2 is 1.89 bits per heavy atom. The van der Waals surface area contributed by atoms with E-state index in [1.54, 1.807) is 13.3 Å². The molecule has 140 valence electrons. The van der Waals surface area contributed by atoms with Crippen LogP contribution < -0.4 is 15.5 Å². The maximum absolute atomic E-state index is 12.9. The van der Waals surface area contributed by atoms with E-state index >= 15 is 0 Å². The number of benzene rings is 2. The summed E-state index contributed by atoms with van der Waals surface area (Å²) < 4.78 is 7.09. The molecule has 3 rings (SSSR count). The van der Waals surface area contributed by atoms with Crippen LogP contribution in [0.4, 0.5) is 0 Å². The van der Waals surface area contributed by atoms with E-state index in [1.807, 2.05) is 67.8 Å². The number of aryl methyl sites for hydroxylation is 2. The lowest BCUT2D eigenvalue weighted by atomic mass is 10.1. The minimum atomic E-state index is -0.367. The lowest BCUT2D eigenvalue weighted by molar-refractivity contribution is 0.0938. The molecule has 27 heavy (non-hydrogen) atoms. The first-order valence-corrected chi connectivity index (χ1v) is 9.03. The summed E-state index contributed by atoms with van der Waals surface area (Å²) in [4.78, 5) is 25.7. The Morgan fingerprint density at radius 3 is 2.52 bits per heavy atom. The van der Waals surface area contributed by atoms with Crippen molar-refractivity contribution in [1.29, 1.82) is 0 Å². The Labute approximate surface area is 158 Å². The second kappa shape index (κ2) is 7.66. The van der Waals surface area contributed by atoms with Crippen LogP contribution in [0.25, 0.3) is 10.9 Å². The fourth-order valence-corrected chi connectivity index (χ4v) is 3.18. The van der Waals surface area contributed by atoms with Crippen molar-refractivity contribution in [2.45, 2.75) is 33.4 Å². The monoisotopic (exact) mass is 364 g/mol. The zero-order valence-electron chi connectivity index (χ0n) is 16.1. The molecule has 5 heteroatoms. The summed E-state index contributed by atoms with van der Waals surface area (Å²) in [5.41, 5.74) is 2.70. The molecule has 0 unspecified atom stereocenters. The van der Waals surface area contributed by atoms with Gasteiger partial charge in [-0.1, -0.05) is 23.8 Å². The number of nitrogens with zero attached hydrogens (tertiary/aromatic N) is 1. The van der Waals surface area contributed by atoms with Crippen LogP contribution in [0.1, 0.15) is 41.4 Å². The number of hydrogen-bond acceptors (Lipinski definition) is 3. The Morgan fingerprint density at radius 1 is 1.19 bits per heavy atom. The quantitative estimate of drug-likeness (QED) is 0.748. The molecule has 1 aromatic heterocycles. The van der Waals surface area contributed by atoms with E-state index in [1.165, 1.54) is 0 Å². The summed E-state index contributed by atoms with van der Waals surface area (Å²) >= 11 is 0. The topological polar surface area (TPSA) is 60.3 Å². The normalized spacial score (nSPS) is 12.0. The van der Waals surface area contributed by atoms with E-state index in [-0.39, 0.29) is 22.9 Å². The van der Waals surface area contributed by atoms with Gasteiger partial charge in [-0.3, -0.25) is 9.59 Å². The molecule has 0 saturated heterocycles. The van der Waals surface area contributed by atoms with Gasteiger partial charge in [-0.2, -0.15) is 0 Å². The molecule has 0 spiro atoms. The molecule has 0 bridgehead atoms. The zero-order chi connectivity index (χ0) is 19.6. The first kappa shape index (κ1) is 18.7. The van der Waals surface area contributed by atoms with Gasteiger partial charge in [0.1, 0.15) is 11.3 Å². The van der Waals surface area contributed by atoms with E-state index < -0.39 is 0 Å². The lowest BCUT2D eigenvalue weighted by Gasteiger charge is -2.16. The van der Waals surface area contributed by atoms with Crippen LogP contribution in [0, 0.1) is 6.92 Å². The number of amides is 1. The molecule has 2 aromatic carbocycles. The number of aromatic nitrogens is 1. The average molecular weight is 364 g/mol. The van der Waals surface area contributed by atoms with Gasteiger partial charge < -0.3 is 14.6 Å². The van der Waals surface area contributed by atoms with Crippen LogP contribution in [0.3, 0.4) is 0 Å². The van der Waals surface area contributed by atoms with Gasteiger partial charge in [0.15, 0.2) is 0 Å². The molecule has 3 aromatic rings. The zero-order valence-corrected chi connectivity index (χ0v) is 16.1. The van der Waals surface area contributed by atoms with Gasteiger partial charge in [-0.05, 0) is 50.6 Å². The van der Waals surface area contributed by atoms with Crippen LogP contribution in [-0.4, -0.2) is 17.6 Å². The molecule has 5 nitrogen and oxygen atoms in total. The minimum absolute atomic E-state index is 0.162. The van der Waals surface area contributed by atoms with Crippen LogP contribution in [0.15, 0.2) is 53.5 Å². The number of fused-ring (bicyclic) bond motifs is 1. The van der Waals surface area contributed by atoms with Crippen LogP contribution in [0.2, 0.25) is 0 Å². The molecule has 0 radical (unpaired) electrons. The molecule has 1 N–H and O–H groups in total. The molecule has 1 amide bonds. The van der Waals surface area contributed by atoms with Crippen LogP contribution in [0.5, 0.6) is 5.75 Å². The van der Waals surface area contributed by atoms with Gasteiger partial charge in [-0.25, -0.2) is 0 Å². The Hall–Kier alpha value is -3.08. The molecular weight excluding hydrogens is 340 g/mol. The van der Waals surface area contributed by atoms with Crippen molar-refractivity contribution in [3.05, 3.63) is 75.6 Å². The third-order valence-corrected chi connectivity index (χ3v) is 4.78. The summed E-state index contributed by atoms with van der Waals surface area (Å²) in [5, 5.41) is 3.50. The highest BCUT2D eigenvalue weighted by atomic mass is 16.5. The van der Waals surface area contributed by atoms with Crippen molar-refractivity contribution in [3.8, 4) is 5.75 Å². The molecular formula is C22H24N2O3. The second-order valence-electron chi connectivity index (χ2n) is 6.65. The fourth-order valence-electron chi connectivity index (χ4n) is 3.18. The minimum Gasteiger partial charge on any atom is -0.497 e. The number of carbonyl (C=O) groups excluding carboxylic acids is 1. The Kier molecular flexibility index (Phi) is 5.31. The van der Waals surface area contributed by atoms with Crippen molar-refractivity contribution < 1.29 is 9.53 Å². The van der Waals surface area contributed by atoms with E-state index in [0.717, 1.165) is 22.4 Å². The first-order chi connectivity index (χ1) is 12.9. The van der Waals surface area contributed by atoms with Gasteiger partial charge in [0.25, 0.3) is 5.91 Å². The van der Waals surface area contributed by atoms with Gasteiger partial charge in [0, 0.05) is 18.1 Å². The van der Waals surface area contributed by atoms with Gasteiger partial charge in [0.05, 0.1) is 18.7 Å². The summed E-state index contributed by atoms with van der Waals surface area (Å²) in [6.45, 7) is 6.50. The van der Waals surface area contributed by atoms with E-state index in [9.17, 15) is 9.59 Å². The first-order valence-electron chi connectivity index (χ1n) is 9.03. The Balaban J connectivity index is 1.95. The predicted molar refractivity (Wildman–Crippen MR) is 107 cm³/mol. The van der Waals surface area contributed by atoms with Crippen LogP contribution >= 0.6 is 0 Å². The number of pyridine rings is 1. The second-order valence-corrected chi connectivity index (χ2v) is 6.65. The standard InChI is InChI=1S/C22H24N2O3/c1-5-24-13-19(21(25)18-12-14(2)6-11-20(18)24)22(26)23-15(3)16-7-9-17(27-4)10-8-16/h6-13,15H,5H2,1-4H3,(H,23,26)/t15-/m1/s1. The number of carbonyl (C=O) groups is 1. The number of rotatable bonds is 5. The Bertz CT molecular complexity index is 1040. The van der Waals surface area contributed by atoms with Crippen molar-refractivity contribution in [2.24, 2.45) is 0 Å². The van der Waals surface area contributed by atoms with E-state index in [4.69, 9.17) is 4.74 Å². The summed E-state index contributed by atoms with van der Waals surface area (Å²) in [6.07, 6.45) is 1.65. The largest absolute Gasteiger partial charge is 0.497 e. The van der Waals surface area contributed by atoms with Crippen molar-refractivity contribution >= 4 is 16.8 Å². The summed E-state index contributed by atoms with van der Waals surface area (Å²) in [7, 11) is 1.61. The third kappa shape index (κ3) is 3.72. The van der Waals surface area contributed by atoms with Crippen molar-refractivity contribution in [3.63, 3.8) is 0 Å². The lowest BCUT2D eigenvalue weighted by Crippen LogP contribution is -2.31. The molecule has 0 aliphatic carbocycles. The molecule has 0 aliphatic heterocycles. The van der Waals surface area contributed by atoms with Gasteiger partial charge in [-0.15, -0.1) is 0 Å². The predicted octanol–water partition coefficient (Wildman–Crippen LogP) is 3.83. The van der Waals surface area contributed by atoms with Crippen molar-refractivity contribution in [1.82, 2.24) is 9.88 Å². The highest BCUT2D eigenvalue weighted by molar-refractivity contribution is 5.97. The molecule has 0 aliphatic rings. The van der Waals surface area contributed by atoms with Crippen LogP contribution in [-0.2, 0) is 6.54 Å². The van der Waals surface area contributed by atoms with E-state index in [2.05, 4.69) is 5.32 Å². The molecule has 1 heterocycles. The summed E-state index contributed by atoms with van der Waals surface area (Å²) in [6, 6.07) is 13.0. The maximum atomic E-state index is 12.9. The number of nitrogens with one attached hydrogen (secondary N) is 1. The number of methoxy groups -OCH3 is 1. The number of ether oxygens (including phenoxy) is 1. The van der Waals surface area contributed by atoms with Gasteiger partial charge >= 0.3 is 0 Å².